The van der Waals surface area contributed by atoms with Crippen LogP contribution in [0.3, 0.4) is 0 Å². The maximum Gasteiger partial charge on any atom is 0.0636 e. The highest BCUT2D eigenvalue weighted by Crippen LogP contribution is 2.29. The Morgan fingerprint density at radius 3 is 2.50 bits per heavy atom. The first-order valence-corrected chi connectivity index (χ1v) is 6.07. The van der Waals surface area contributed by atoms with Crippen LogP contribution >= 0.6 is 0 Å². The predicted molar refractivity (Wildman–Crippen MR) is 60.3 cm³/mol. The molecule has 2 nitrogen and oxygen atoms in total. The molecular formula is C12H25NO. The van der Waals surface area contributed by atoms with Crippen LogP contribution in [0.1, 0.15) is 46.0 Å². The maximum atomic E-state index is 9.06. The summed E-state index contributed by atoms with van der Waals surface area (Å²) in [6.07, 6.45) is 6.75. The first kappa shape index (κ1) is 12.0. The van der Waals surface area contributed by atoms with Crippen LogP contribution in [0.15, 0.2) is 0 Å². The summed E-state index contributed by atoms with van der Waals surface area (Å²) in [6, 6.07) is 0. The zero-order valence-electron chi connectivity index (χ0n) is 9.63. The van der Waals surface area contributed by atoms with E-state index in [1.807, 2.05) is 6.92 Å². The van der Waals surface area contributed by atoms with E-state index in [0.29, 0.717) is 0 Å². The van der Waals surface area contributed by atoms with E-state index in [1.165, 1.54) is 32.1 Å². The first-order chi connectivity index (χ1) is 6.68. The largest absolute Gasteiger partial charge is 0.392 e. The van der Waals surface area contributed by atoms with Crippen molar-refractivity contribution in [3.63, 3.8) is 0 Å². The van der Waals surface area contributed by atoms with Crippen LogP contribution in [0.4, 0.5) is 0 Å². The number of nitrogens with one attached hydrogen (secondary N) is 1. The number of aliphatic hydroxyl groups is 1. The summed E-state index contributed by atoms with van der Waals surface area (Å²) in [5.74, 6) is 1.89. The third-order valence-corrected chi connectivity index (χ3v) is 3.30. The lowest BCUT2D eigenvalue weighted by molar-refractivity contribution is 0.189. The van der Waals surface area contributed by atoms with Gasteiger partial charge in [0.1, 0.15) is 0 Å². The topological polar surface area (TPSA) is 32.3 Å². The molecule has 0 aliphatic heterocycles. The fourth-order valence-electron chi connectivity index (χ4n) is 2.23. The summed E-state index contributed by atoms with van der Waals surface area (Å²) in [4.78, 5) is 0. The quantitative estimate of drug-likeness (QED) is 0.665. The molecule has 2 N–H and O–H groups in total. The zero-order valence-corrected chi connectivity index (χ0v) is 9.63. The third kappa shape index (κ3) is 4.97. The van der Waals surface area contributed by atoms with E-state index in [0.717, 1.165) is 24.9 Å². The van der Waals surface area contributed by atoms with E-state index < -0.39 is 0 Å². The van der Waals surface area contributed by atoms with Crippen LogP contribution in [0, 0.1) is 11.8 Å². The Morgan fingerprint density at radius 2 is 1.93 bits per heavy atom. The maximum absolute atomic E-state index is 9.06. The van der Waals surface area contributed by atoms with Crippen LogP contribution in [-0.4, -0.2) is 24.3 Å². The van der Waals surface area contributed by atoms with Gasteiger partial charge in [-0.3, -0.25) is 0 Å². The number of rotatable bonds is 5. The van der Waals surface area contributed by atoms with E-state index >= 15 is 0 Å². The minimum atomic E-state index is -0.207. The number of hydrogen-bond donors (Lipinski definition) is 2. The average molecular weight is 199 g/mol. The van der Waals surface area contributed by atoms with Gasteiger partial charge in [-0.1, -0.05) is 32.6 Å². The van der Waals surface area contributed by atoms with E-state index in [2.05, 4.69) is 12.2 Å². The van der Waals surface area contributed by atoms with Crippen LogP contribution in [0.25, 0.3) is 0 Å². The molecular weight excluding hydrogens is 174 g/mol. The van der Waals surface area contributed by atoms with Crippen molar-refractivity contribution in [1.29, 1.82) is 0 Å². The Balaban J connectivity index is 1.96. The lowest BCUT2D eigenvalue weighted by atomic mass is 9.81. The van der Waals surface area contributed by atoms with Crippen molar-refractivity contribution in [1.82, 2.24) is 5.32 Å². The monoisotopic (exact) mass is 199 g/mol. The molecule has 0 amide bonds. The van der Waals surface area contributed by atoms with Crippen LogP contribution in [0.2, 0.25) is 0 Å². The molecule has 1 atom stereocenters. The molecule has 84 valence electrons. The molecule has 0 aromatic carbocycles. The van der Waals surface area contributed by atoms with Crippen molar-refractivity contribution < 1.29 is 5.11 Å². The summed E-state index contributed by atoms with van der Waals surface area (Å²) in [5, 5.41) is 12.4. The van der Waals surface area contributed by atoms with Crippen molar-refractivity contribution in [2.45, 2.75) is 52.1 Å². The summed E-state index contributed by atoms with van der Waals surface area (Å²) in [5.41, 5.74) is 0. The smallest absolute Gasteiger partial charge is 0.0636 e. The van der Waals surface area contributed by atoms with Crippen LogP contribution < -0.4 is 5.32 Å². The van der Waals surface area contributed by atoms with E-state index in [9.17, 15) is 0 Å². The second-order valence-electron chi connectivity index (χ2n) is 4.97. The van der Waals surface area contributed by atoms with Crippen molar-refractivity contribution in [3.05, 3.63) is 0 Å². The van der Waals surface area contributed by atoms with Crippen molar-refractivity contribution in [2.75, 3.05) is 13.1 Å². The van der Waals surface area contributed by atoms with Crippen molar-refractivity contribution >= 4 is 0 Å². The molecule has 1 aliphatic rings. The highest BCUT2D eigenvalue weighted by atomic mass is 16.3. The van der Waals surface area contributed by atoms with Gasteiger partial charge in [0.25, 0.3) is 0 Å². The molecule has 14 heavy (non-hydrogen) atoms. The molecule has 0 aromatic rings. The third-order valence-electron chi connectivity index (χ3n) is 3.30. The summed E-state index contributed by atoms with van der Waals surface area (Å²) < 4.78 is 0. The van der Waals surface area contributed by atoms with Crippen molar-refractivity contribution in [2.24, 2.45) is 11.8 Å². The molecule has 0 spiro atoms. The molecule has 0 saturated heterocycles. The van der Waals surface area contributed by atoms with Gasteiger partial charge in [0, 0.05) is 6.54 Å². The minimum Gasteiger partial charge on any atom is -0.392 e. The van der Waals surface area contributed by atoms with Gasteiger partial charge >= 0.3 is 0 Å². The Bertz CT molecular complexity index is 139. The molecule has 0 unspecified atom stereocenters. The van der Waals surface area contributed by atoms with Gasteiger partial charge in [-0.15, -0.1) is 0 Å². The van der Waals surface area contributed by atoms with E-state index in [4.69, 9.17) is 5.11 Å². The second kappa shape index (κ2) is 6.41. The van der Waals surface area contributed by atoms with Gasteiger partial charge in [-0.25, -0.2) is 0 Å². The van der Waals surface area contributed by atoms with Gasteiger partial charge in [-0.2, -0.15) is 0 Å². The number of hydrogen-bond acceptors (Lipinski definition) is 2. The Labute approximate surface area is 88.1 Å². The normalized spacial score (nSPS) is 30.2. The molecule has 0 bridgehead atoms. The lowest BCUT2D eigenvalue weighted by Crippen LogP contribution is -2.27. The van der Waals surface area contributed by atoms with Crippen molar-refractivity contribution in [3.8, 4) is 0 Å². The first-order valence-electron chi connectivity index (χ1n) is 6.07. The predicted octanol–water partition coefficient (Wildman–Crippen LogP) is 2.17. The molecule has 1 fully saturated rings. The Hall–Kier alpha value is -0.0800. The van der Waals surface area contributed by atoms with Gasteiger partial charge in [-0.05, 0) is 31.7 Å². The highest BCUT2D eigenvalue weighted by Gasteiger charge is 2.17. The van der Waals surface area contributed by atoms with Gasteiger partial charge in [0.15, 0.2) is 0 Å². The lowest BCUT2D eigenvalue weighted by Gasteiger charge is -2.26. The molecule has 0 aromatic heterocycles. The second-order valence-corrected chi connectivity index (χ2v) is 4.97. The molecule has 1 saturated carbocycles. The van der Waals surface area contributed by atoms with Gasteiger partial charge < -0.3 is 10.4 Å². The molecule has 1 rings (SSSR count). The van der Waals surface area contributed by atoms with E-state index in [-0.39, 0.29) is 6.10 Å². The summed E-state index contributed by atoms with van der Waals surface area (Å²) in [6.45, 7) is 6.00. The average Bonchev–Trinajstić information content (AvgIpc) is 2.15. The molecule has 1 aliphatic carbocycles. The Kier molecular flexibility index (Phi) is 5.49. The Morgan fingerprint density at radius 1 is 1.29 bits per heavy atom. The molecule has 0 radical (unpaired) electrons. The summed E-state index contributed by atoms with van der Waals surface area (Å²) >= 11 is 0. The summed E-state index contributed by atoms with van der Waals surface area (Å²) in [7, 11) is 0. The molecule has 2 heteroatoms. The number of aliphatic hydroxyl groups excluding tert-OH is 1. The molecule has 0 heterocycles. The highest BCUT2D eigenvalue weighted by molar-refractivity contribution is 4.70. The van der Waals surface area contributed by atoms with Gasteiger partial charge in [0.05, 0.1) is 6.10 Å². The SMILES string of the molecule is CC1CCC(CCNC[C@H](C)O)CC1. The van der Waals surface area contributed by atoms with Gasteiger partial charge in [0.2, 0.25) is 0 Å². The minimum absolute atomic E-state index is 0.207. The fraction of sp³-hybridized carbons (Fsp3) is 1.00. The fourth-order valence-corrected chi connectivity index (χ4v) is 2.23. The van der Waals surface area contributed by atoms with Crippen LogP contribution in [0.5, 0.6) is 0 Å². The van der Waals surface area contributed by atoms with E-state index in [1.54, 1.807) is 0 Å². The zero-order chi connectivity index (χ0) is 10.4. The standard InChI is InChI=1S/C12H25NO/c1-10-3-5-12(6-4-10)7-8-13-9-11(2)14/h10-14H,3-9H2,1-2H3/t10?,11-,12?/m0/s1. The van der Waals surface area contributed by atoms with Crippen LogP contribution in [-0.2, 0) is 0 Å².